The Morgan fingerprint density at radius 1 is 1.21 bits per heavy atom. The summed E-state index contributed by atoms with van der Waals surface area (Å²) in [6.45, 7) is 5.80. The largest absolute Gasteiger partial charge is 0.497 e. The summed E-state index contributed by atoms with van der Waals surface area (Å²) in [6.07, 6.45) is 4.11. The van der Waals surface area contributed by atoms with Crippen LogP contribution in [0.1, 0.15) is 36.4 Å². The Balaban J connectivity index is 1.58. The molecule has 1 aliphatic heterocycles. The Morgan fingerprint density at radius 2 is 1.96 bits per heavy atom. The molecule has 3 rings (SSSR count). The number of pyridine rings is 1. The summed E-state index contributed by atoms with van der Waals surface area (Å²) >= 11 is 0. The van der Waals surface area contributed by atoms with Crippen LogP contribution in [0.2, 0.25) is 0 Å². The van der Waals surface area contributed by atoms with Gasteiger partial charge >= 0.3 is 0 Å². The Bertz CT molecular complexity index is 730. The second-order valence-electron chi connectivity index (χ2n) is 7.13. The summed E-state index contributed by atoms with van der Waals surface area (Å²) < 4.78 is 10.7. The summed E-state index contributed by atoms with van der Waals surface area (Å²) in [4.78, 5) is 19.2. The van der Waals surface area contributed by atoms with E-state index in [1.54, 1.807) is 13.3 Å². The number of ether oxygens (including phenoxy) is 2. The van der Waals surface area contributed by atoms with E-state index in [4.69, 9.17) is 9.47 Å². The van der Waals surface area contributed by atoms with Crippen LogP contribution in [-0.4, -0.2) is 55.7 Å². The monoisotopic (exact) mass is 383 g/mol. The van der Waals surface area contributed by atoms with Crippen molar-refractivity contribution in [2.24, 2.45) is 0 Å². The Hall–Kier alpha value is -2.44. The van der Waals surface area contributed by atoms with Gasteiger partial charge in [0.25, 0.3) is 0 Å². The van der Waals surface area contributed by atoms with Gasteiger partial charge in [-0.25, -0.2) is 0 Å². The number of nitrogens with one attached hydrogen (secondary N) is 1. The van der Waals surface area contributed by atoms with E-state index in [1.807, 2.05) is 36.5 Å². The topological polar surface area (TPSA) is 63.7 Å². The highest BCUT2D eigenvalue weighted by Gasteiger charge is 2.23. The van der Waals surface area contributed by atoms with E-state index in [1.165, 1.54) is 0 Å². The molecule has 0 bridgehead atoms. The highest BCUT2D eigenvalue weighted by atomic mass is 16.5. The molecule has 0 aliphatic carbocycles. The van der Waals surface area contributed by atoms with Crippen molar-refractivity contribution < 1.29 is 14.3 Å². The van der Waals surface area contributed by atoms with Gasteiger partial charge in [0.2, 0.25) is 5.91 Å². The number of aromatic nitrogens is 1. The number of morpholine rings is 1. The quantitative estimate of drug-likeness (QED) is 0.759. The predicted octanol–water partition coefficient (Wildman–Crippen LogP) is 2.77. The van der Waals surface area contributed by atoms with Crippen molar-refractivity contribution in [3.8, 4) is 5.75 Å². The van der Waals surface area contributed by atoms with Crippen LogP contribution in [0.3, 0.4) is 0 Å². The van der Waals surface area contributed by atoms with Gasteiger partial charge in [-0.3, -0.25) is 14.7 Å². The number of methoxy groups -OCH3 is 1. The normalized spacial score (nSPS) is 16.9. The first-order valence-corrected chi connectivity index (χ1v) is 9.79. The average Bonchev–Trinajstić information content (AvgIpc) is 2.75. The maximum absolute atomic E-state index is 12.6. The zero-order chi connectivity index (χ0) is 19.8. The zero-order valence-corrected chi connectivity index (χ0v) is 16.6. The smallest absolute Gasteiger partial charge is 0.220 e. The van der Waals surface area contributed by atoms with Crippen LogP contribution in [0, 0.1) is 0 Å². The van der Waals surface area contributed by atoms with Crippen molar-refractivity contribution in [2.45, 2.75) is 25.3 Å². The minimum Gasteiger partial charge on any atom is -0.497 e. The molecule has 1 aromatic carbocycles. The Morgan fingerprint density at radius 3 is 2.61 bits per heavy atom. The van der Waals surface area contributed by atoms with Crippen molar-refractivity contribution in [3.05, 3.63) is 59.9 Å². The van der Waals surface area contributed by atoms with Crippen LogP contribution in [0.4, 0.5) is 0 Å². The Labute approximate surface area is 166 Å². The molecular formula is C22H29N3O3. The van der Waals surface area contributed by atoms with Crippen LogP contribution in [0.15, 0.2) is 48.8 Å². The van der Waals surface area contributed by atoms with Crippen molar-refractivity contribution in [1.29, 1.82) is 0 Å². The van der Waals surface area contributed by atoms with Gasteiger partial charge in [-0.2, -0.15) is 0 Å². The fraction of sp³-hybridized carbons (Fsp3) is 0.455. The number of hydrogen-bond donors (Lipinski definition) is 1. The molecule has 0 spiro atoms. The molecule has 1 amide bonds. The van der Waals surface area contributed by atoms with Gasteiger partial charge in [0, 0.05) is 38.4 Å². The molecule has 0 radical (unpaired) electrons. The molecule has 1 fully saturated rings. The molecule has 1 aromatic heterocycles. The van der Waals surface area contributed by atoms with Crippen molar-refractivity contribution in [3.63, 3.8) is 0 Å². The van der Waals surface area contributed by atoms with Crippen molar-refractivity contribution in [1.82, 2.24) is 15.2 Å². The van der Waals surface area contributed by atoms with E-state index in [2.05, 4.69) is 28.2 Å². The fourth-order valence-corrected chi connectivity index (χ4v) is 3.53. The van der Waals surface area contributed by atoms with Gasteiger partial charge in [0.05, 0.1) is 26.4 Å². The number of carbonyl (C=O) groups excluding carboxylic acids is 1. The predicted molar refractivity (Wildman–Crippen MR) is 108 cm³/mol. The lowest BCUT2D eigenvalue weighted by Crippen LogP contribution is -2.44. The van der Waals surface area contributed by atoms with E-state index in [-0.39, 0.29) is 17.9 Å². The van der Waals surface area contributed by atoms with Crippen molar-refractivity contribution >= 4 is 5.91 Å². The lowest BCUT2D eigenvalue weighted by atomic mass is 9.97. The molecule has 1 saturated heterocycles. The van der Waals surface area contributed by atoms with Gasteiger partial charge < -0.3 is 14.8 Å². The minimum atomic E-state index is 0.0606. The third kappa shape index (κ3) is 5.53. The summed E-state index contributed by atoms with van der Waals surface area (Å²) in [5.74, 6) is 1.03. The SMILES string of the molecule is COc1ccc(C(C)CC(=O)NCC(c2cccnc2)N2CCOCC2)cc1. The Kier molecular flexibility index (Phi) is 7.39. The third-order valence-electron chi connectivity index (χ3n) is 5.22. The van der Waals surface area contributed by atoms with Gasteiger partial charge in [0.1, 0.15) is 5.75 Å². The van der Waals surface area contributed by atoms with E-state index in [0.717, 1.165) is 43.2 Å². The van der Waals surface area contributed by atoms with Crippen LogP contribution >= 0.6 is 0 Å². The lowest BCUT2D eigenvalue weighted by molar-refractivity contribution is -0.121. The average molecular weight is 383 g/mol. The minimum absolute atomic E-state index is 0.0606. The molecule has 6 heteroatoms. The number of rotatable bonds is 8. The molecule has 28 heavy (non-hydrogen) atoms. The van der Waals surface area contributed by atoms with E-state index in [9.17, 15) is 4.79 Å². The zero-order valence-electron chi connectivity index (χ0n) is 16.6. The van der Waals surface area contributed by atoms with Crippen LogP contribution in [0.25, 0.3) is 0 Å². The summed E-state index contributed by atoms with van der Waals surface area (Å²) in [5, 5.41) is 3.13. The standard InChI is InChI=1S/C22H29N3O3/c1-17(18-5-7-20(27-2)8-6-18)14-22(26)24-16-21(19-4-3-9-23-15-19)25-10-12-28-13-11-25/h3-9,15,17,21H,10-14,16H2,1-2H3,(H,24,26). The molecule has 1 N–H and O–H groups in total. The summed E-state index contributed by atoms with van der Waals surface area (Å²) in [5.41, 5.74) is 2.25. The molecular weight excluding hydrogens is 354 g/mol. The second-order valence-corrected chi connectivity index (χ2v) is 7.13. The number of amides is 1. The van der Waals surface area contributed by atoms with Crippen LogP contribution in [0.5, 0.6) is 5.75 Å². The third-order valence-corrected chi connectivity index (χ3v) is 5.22. The van der Waals surface area contributed by atoms with Gasteiger partial charge in [-0.15, -0.1) is 0 Å². The number of hydrogen-bond acceptors (Lipinski definition) is 5. The summed E-state index contributed by atoms with van der Waals surface area (Å²) in [7, 11) is 1.65. The van der Waals surface area contributed by atoms with Gasteiger partial charge in [-0.1, -0.05) is 25.1 Å². The van der Waals surface area contributed by atoms with Gasteiger partial charge in [-0.05, 0) is 35.2 Å². The first-order valence-electron chi connectivity index (χ1n) is 9.79. The molecule has 2 atom stereocenters. The second kappa shape index (κ2) is 10.2. The molecule has 2 aromatic rings. The first-order chi connectivity index (χ1) is 13.7. The maximum Gasteiger partial charge on any atom is 0.220 e. The maximum atomic E-state index is 12.6. The first kappa shape index (κ1) is 20.3. The molecule has 2 heterocycles. The van der Waals surface area contributed by atoms with Crippen molar-refractivity contribution in [2.75, 3.05) is 40.0 Å². The fourth-order valence-electron chi connectivity index (χ4n) is 3.53. The van der Waals surface area contributed by atoms with E-state index in [0.29, 0.717) is 13.0 Å². The highest BCUT2D eigenvalue weighted by molar-refractivity contribution is 5.76. The highest BCUT2D eigenvalue weighted by Crippen LogP contribution is 2.23. The van der Waals surface area contributed by atoms with Crippen LogP contribution in [-0.2, 0) is 9.53 Å². The number of nitrogens with zero attached hydrogens (tertiary/aromatic N) is 2. The lowest BCUT2D eigenvalue weighted by Gasteiger charge is -2.34. The van der Waals surface area contributed by atoms with Crippen LogP contribution < -0.4 is 10.1 Å². The molecule has 0 saturated carbocycles. The van der Waals surface area contributed by atoms with E-state index < -0.39 is 0 Å². The summed E-state index contributed by atoms with van der Waals surface area (Å²) in [6, 6.07) is 12.0. The van der Waals surface area contributed by atoms with Gasteiger partial charge in [0.15, 0.2) is 0 Å². The molecule has 2 unspecified atom stereocenters. The molecule has 6 nitrogen and oxygen atoms in total. The molecule has 1 aliphatic rings. The number of benzene rings is 1. The van der Waals surface area contributed by atoms with E-state index >= 15 is 0 Å². The molecule has 150 valence electrons. The number of carbonyl (C=O) groups is 1.